The first kappa shape index (κ1) is 11.9. The fourth-order valence-electron chi connectivity index (χ4n) is 1.40. The molecule has 0 spiro atoms. The average molecular weight is 208 g/mol. The first-order valence-electron chi connectivity index (χ1n) is 5.44. The van der Waals surface area contributed by atoms with Crippen LogP contribution in [0.1, 0.15) is 31.2 Å². The number of aromatic nitrogens is 2. The van der Waals surface area contributed by atoms with Gasteiger partial charge in [-0.1, -0.05) is 6.92 Å². The zero-order valence-electron chi connectivity index (χ0n) is 9.75. The van der Waals surface area contributed by atoms with Crippen molar-refractivity contribution in [1.29, 1.82) is 0 Å². The summed E-state index contributed by atoms with van der Waals surface area (Å²) in [6, 6.07) is 0.395. The summed E-state index contributed by atoms with van der Waals surface area (Å²) in [5.74, 6) is 0.846. The Balaban J connectivity index is 2.66. The van der Waals surface area contributed by atoms with E-state index in [9.17, 15) is 0 Å². The van der Waals surface area contributed by atoms with Crippen molar-refractivity contribution < 1.29 is 0 Å². The minimum Gasteiger partial charge on any atom is -0.366 e. The molecule has 0 radical (unpaired) electrons. The van der Waals surface area contributed by atoms with Gasteiger partial charge in [-0.25, -0.2) is 4.98 Å². The van der Waals surface area contributed by atoms with Crippen LogP contribution in [0.25, 0.3) is 0 Å². The number of anilines is 1. The molecule has 0 fully saturated rings. The molecule has 4 heteroatoms. The Morgan fingerprint density at radius 1 is 1.40 bits per heavy atom. The highest BCUT2D eigenvalue weighted by atomic mass is 15.0. The highest BCUT2D eigenvalue weighted by Gasteiger charge is 2.06. The minimum absolute atomic E-state index is 0.395. The molecule has 0 amide bonds. The number of hydrogen-bond acceptors (Lipinski definition) is 4. The lowest BCUT2D eigenvalue weighted by Crippen LogP contribution is -2.23. The maximum Gasteiger partial charge on any atom is 0.145 e. The van der Waals surface area contributed by atoms with E-state index in [1.54, 1.807) is 6.20 Å². The van der Waals surface area contributed by atoms with Gasteiger partial charge < -0.3 is 11.1 Å². The van der Waals surface area contributed by atoms with E-state index in [1.165, 1.54) is 0 Å². The lowest BCUT2D eigenvalue weighted by Gasteiger charge is -2.16. The van der Waals surface area contributed by atoms with E-state index in [4.69, 9.17) is 5.73 Å². The molecule has 1 aromatic rings. The van der Waals surface area contributed by atoms with Crippen LogP contribution in [0.15, 0.2) is 6.20 Å². The summed E-state index contributed by atoms with van der Waals surface area (Å²) in [6.07, 6.45) is 3.79. The summed E-state index contributed by atoms with van der Waals surface area (Å²) >= 11 is 0. The van der Waals surface area contributed by atoms with Gasteiger partial charge in [0.15, 0.2) is 0 Å². The van der Waals surface area contributed by atoms with E-state index in [1.807, 2.05) is 13.8 Å². The van der Waals surface area contributed by atoms with Crippen LogP contribution in [0.4, 0.5) is 5.82 Å². The monoisotopic (exact) mass is 208 g/mol. The van der Waals surface area contributed by atoms with Crippen molar-refractivity contribution in [3.63, 3.8) is 0 Å². The molecule has 1 unspecified atom stereocenters. The Bertz CT molecular complexity index is 311. The Kier molecular flexibility index (Phi) is 4.49. The summed E-state index contributed by atoms with van der Waals surface area (Å²) in [7, 11) is 0. The van der Waals surface area contributed by atoms with E-state index in [0.717, 1.165) is 30.0 Å². The summed E-state index contributed by atoms with van der Waals surface area (Å²) in [5.41, 5.74) is 7.49. The zero-order valence-corrected chi connectivity index (χ0v) is 9.75. The van der Waals surface area contributed by atoms with Gasteiger partial charge in [-0.3, -0.25) is 4.98 Å². The molecule has 1 heterocycles. The third-order valence-electron chi connectivity index (χ3n) is 2.55. The lowest BCUT2D eigenvalue weighted by molar-refractivity contribution is 0.638. The van der Waals surface area contributed by atoms with E-state index in [0.29, 0.717) is 12.6 Å². The van der Waals surface area contributed by atoms with Gasteiger partial charge in [0.2, 0.25) is 0 Å². The van der Waals surface area contributed by atoms with Gasteiger partial charge in [-0.2, -0.15) is 0 Å². The molecule has 0 aliphatic heterocycles. The molecular weight excluding hydrogens is 188 g/mol. The molecule has 0 bridgehead atoms. The highest BCUT2D eigenvalue weighted by molar-refractivity contribution is 5.34. The zero-order chi connectivity index (χ0) is 11.3. The van der Waals surface area contributed by atoms with Gasteiger partial charge in [0, 0.05) is 6.04 Å². The Morgan fingerprint density at radius 3 is 2.67 bits per heavy atom. The van der Waals surface area contributed by atoms with Crippen molar-refractivity contribution in [3.05, 3.63) is 17.6 Å². The third-order valence-corrected chi connectivity index (χ3v) is 2.55. The van der Waals surface area contributed by atoms with Crippen LogP contribution in [0.5, 0.6) is 0 Å². The van der Waals surface area contributed by atoms with Crippen LogP contribution in [0.2, 0.25) is 0 Å². The number of rotatable bonds is 5. The first-order valence-corrected chi connectivity index (χ1v) is 5.44. The SMILES string of the molecule is CCC(CCN)Nc1cnc(C)c(C)n1. The Hall–Kier alpha value is -1.16. The van der Waals surface area contributed by atoms with E-state index in [-0.39, 0.29) is 0 Å². The molecule has 0 aromatic carbocycles. The van der Waals surface area contributed by atoms with Crippen molar-refractivity contribution in [3.8, 4) is 0 Å². The molecule has 0 aliphatic carbocycles. The van der Waals surface area contributed by atoms with Gasteiger partial charge in [-0.15, -0.1) is 0 Å². The molecule has 15 heavy (non-hydrogen) atoms. The van der Waals surface area contributed by atoms with E-state index in [2.05, 4.69) is 22.2 Å². The predicted molar refractivity (Wildman–Crippen MR) is 62.9 cm³/mol. The van der Waals surface area contributed by atoms with Crippen LogP contribution in [0.3, 0.4) is 0 Å². The molecule has 1 aromatic heterocycles. The average Bonchev–Trinajstić information content (AvgIpc) is 2.23. The fourth-order valence-corrected chi connectivity index (χ4v) is 1.40. The molecule has 0 saturated heterocycles. The second-order valence-electron chi connectivity index (χ2n) is 3.75. The Morgan fingerprint density at radius 2 is 2.13 bits per heavy atom. The standard InChI is InChI=1S/C11H20N4/c1-4-10(5-6-12)15-11-7-13-8(2)9(3)14-11/h7,10H,4-6,12H2,1-3H3,(H,14,15). The molecule has 0 aliphatic rings. The van der Waals surface area contributed by atoms with Gasteiger partial charge >= 0.3 is 0 Å². The summed E-state index contributed by atoms with van der Waals surface area (Å²) < 4.78 is 0. The van der Waals surface area contributed by atoms with Crippen LogP contribution in [0, 0.1) is 13.8 Å². The van der Waals surface area contributed by atoms with Gasteiger partial charge in [0.1, 0.15) is 5.82 Å². The topological polar surface area (TPSA) is 63.8 Å². The summed E-state index contributed by atoms with van der Waals surface area (Å²) in [5, 5.41) is 3.34. The van der Waals surface area contributed by atoms with Gasteiger partial charge in [-0.05, 0) is 33.2 Å². The number of aryl methyl sites for hydroxylation is 2. The molecule has 1 rings (SSSR count). The highest BCUT2D eigenvalue weighted by Crippen LogP contribution is 2.09. The van der Waals surface area contributed by atoms with Crippen molar-refractivity contribution in [2.75, 3.05) is 11.9 Å². The quantitative estimate of drug-likeness (QED) is 0.772. The largest absolute Gasteiger partial charge is 0.366 e. The third kappa shape index (κ3) is 3.47. The van der Waals surface area contributed by atoms with E-state index >= 15 is 0 Å². The number of hydrogen-bond donors (Lipinski definition) is 2. The van der Waals surface area contributed by atoms with Crippen molar-refractivity contribution in [2.24, 2.45) is 5.73 Å². The molecule has 4 nitrogen and oxygen atoms in total. The van der Waals surface area contributed by atoms with Gasteiger partial charge in [0.05, 0.1) is 17.6 Å². The maximum atomic E-state index is 5.54. The van der Waals surface area contributed by atoms with Crippen LogP contribution < -0.4 is 11.1 Å². The molecule has 0 saturated carbocycles. The Labute approximate surface area is 91.3 Å². The fraction of sp³-hybridized carbons (Fsp3) is 0.636. The molecule has 84 valence electrons. The number of nitrogens with one attached hydrogen (secondary N) is 1. The van der Waals surface area contributed by atoms with Crippen molar-refractivity contribution in [1.82, 2.24) is 9.97 Å². The van der Waals surface area contributed by atoms with Gasteiger partial charge in [0.25, 0.3) is 0 Å². The lowest BCUT2D eigenvalue weighted by atomic mass is 10.1. The van der Waals surface area contributed by atoms with Crippen LogP contribution in [-0.4, -0.2) is 22.6 Å². The van der Waals surface area contributed by atoms with E-state index < -0.39 is 0 Å². The predicted octanol–water partition coefficient (Wildman–Crippen LogP) is 1.63. The summed E-state index contributed by atoms with van der Waals surface area (Å²) in [4.78, 5) is 8.70. The summed E-state index contributed by atoms with van der Waals surface area (Å²) in [6.45, 7) is 6.77. The van der Waals surface area contributed by atoms with Crippen LogP contribution in [-0.2, 0) is 0 Å². The van der Waals surface area contributed by atoms with Crippen molar-refractivity contribution >= 4 is 5.82 Å². The molecule has 3 N–H and O–H groups in total. The molecular formula is C11H20N4. The first-order chi connectivity index (χ1) is 7.17. The smallest absolute Gasteiger partial charge is 0.145 e. The van der Waals surface area contributed by atoms with Crippen LogP contribution >= 0.6 is 0 Å². The second kappa shape index (κ2) is 5.66. The molecule has 1 atom stereocenters. The number of nitrogens with two attached hydrogens (primary N) is 1. The van der Waals surface area contributed by atoms with Crippen molar-refractivity contribution in [2.45, 2.75) is 39.7 Å². The number of nitrogens with zero attached hydrogens (tertiary/aromatic N) is 2. The maximum absolute atomic E-state index is 5.54. The second-order valence-corrected chi connectivity index (χ2v) is 3.75. The minimum atomic E-state index is 0.395. The normalized spacial score (nSPS) is 12.5.